The molecule has 1 aromatic heterocycles. The Hall–Kier alpha value is -1.30. The van der Waals surface area contributed by atoms with E-state index in [9.17, 15) is 4.39 Å². The Morgan fingerprint density at radius 3 is 2.79 bits per heavy atom. The highest BCUT2D eigenvalue weighted by atomic mass is 79.9. The van der Waals surface area contributed by atoms with Crippen LogP contribution in [-0.2, 0) is 6.42 Å². The summed E-state index contributed by atoms with van der Waals surface area (Å²) in [7, 11) is 0. The van der Waals surface area contributed by atoms with Gasteiger partial charge in [-0.1, -0.05) is 17.7 Å². The summed E-state index contributed by atoms with van der Waals surface area (Å²) in [6.07, 6.45) is 2.25. The largest absolute Gasteiger partial charge is 0.271 e. The zero-order valence-electron chi connectivity index (χ0n) is 10.5. The monoisotopic (exact) mass is 323 g/mol. The lowest BCUT2D eigenvalue weighted by Gasteiger charge is -2.17. The first-order chi connectivity index (χ1) is 9.10. The van der Waals surface area contributed by atoms with Gasteiger partial charge in [-0.25, -0.2) is 4.39 Å². The van der Waals surface area contributed by atoms with Gasteiger partial charge in [0.25, 0.3) is 0 Å². The van der Waals surface area contributed by atoms with Crippen LogP contribution in [0, 0.1) is 12.7 Å². The van der Waals surface area contributed by atoms with Crippen molar-refractivity contribution in [2.45, 2.75) is 19.4 Å². The molecule has 1 atom stereocenters. The Morgan fingerprint density at radius 2 is 2.16 bits per heavy atom. The maximum absolute atomic E-state index is 13.9. The number of hydrogen-bond donors (Lipinski definition) is 2. The highest BCUT2D eigenvalue weighted by molar-refractivity contribution is 9.10. The van der Waals surface area contributed by atoms with Crippen molar-refractivity contribution in [2.24, 2.45) is 5.84 Å². The van der Waals surface area contributed by atoms with Crippen molar-refractivity contribution in [3.8, 4) is 0 Å². The van der Waals surface area contributed by atoms with Crippen LogP contribution in [0.1, 0.15) is 22.9 Å². The third kappa shape index (κ3) is 3.59. The Labute approximate surface area is 120 Å². The topological polar surface area (TPSA) is 50.9 Å². The molecule has 1 heterocycles. The van der Waals surface area contributed by atoms with Gasteiger partial charge in [-0.2, -0.15) is 0 Å². The first kappa shape index (κ1) is 14.1. The number of aryl methyl sites for hydroxylation is 1. The number of hydrazine groups is 1. The molecular weight excluding hydrogens is 309 g/mol. The number of benzene rings is 1. The van der Waals surface area contributed by atoms with E-state index >= 15 is 0 Å². The minimum absolute atomic E-state index is 0.259. The van der Waals surface area contributed by atoms with Crippen molar-refractivity contribution in [3.63, 3.8) is 0 Å². The molecule has 5 heteroatoms. The van der Waals surface area contributed by atoms with E-state index in [1.165, 1.54) is 6.07 Å². The standard InChI is InChI=1S/C14H15BrFN3/c1-9-2-5-13(16)12(6-9)14(19-17)7-11-4-3-10(15)8-18-11/h2-6,8,14,19H,7,17H2,1H3. The fourth-order valence-corrected chi connectivity index (χ4v) is 2.16. The Kier molecular flexibility index (Phi) is 4.63. The Balaban J connectivity index is 2.24. The molecule has 3 N–H and O–H groups in total. The lowest BCUT2D eigenvalue weighted by atomic mass is 10.00. The average Bonchev–Trinajstić information content (AvgIpc) is 2.41. The second-order valence-corrected chi connectivity index (χ2v) is 5.33. The fraction of sp³-hybridized carbons (Fsp3) is 0.214. The molecular formula is C14H15BrFN3. The van der Waals surface area contributed by atoms with Crippen LogP contribution in [0.25, 0.3) is 0 Å². The van der Waals surface area contributed by atoms with Crippen molar-refractivity contribution in [2.75, 3.05) is 0 Å². The highest BCUT2D eigenvalue weighted by Gasteiger charge is 2.15. The van der Waals surface area contributed by atoms with Crippen molar-refractivity contribution in [1.29, 1.82) is 0 Å². The summed E-state index contributed by atoms with van der Waals surface area (Å²) in [6.45, 7) is 1.92. The van der Waals surface area contributed by atoms with Gasteiger partial charge in [0.1, 0.15) is 5.82 Å². The van der Waals surface area contributed by atoms with Gasteiger partial charge in [-0.3, -0.25) is 16.3 Å². The molecule has 2 aromatic rings. The number of aromatic nitrogens is 1. The lowest BCUT2D eigenvalue weighted by molar-refractivity contribution is 0.506. The minimum atomic E-state index is -0.298. The molecule has 0 aliphatic heterocycles. The van der Waals surface area contributed by atoms with E-state index in [1.54, 1.807) is 18.3 Å². The number of halogens is 2. The van der Waals surface area contributed by atoms with Crippen LogP contribution in [0.4, 0.5) is 4.39 Å². The van der Waals surface area contributed by atoms with Crippen molar-refractivity contribution < 1.29 is 4.39 Å². The maximum Gasteiger partial charge on any atom is 0.128 e. The number of pyridine rings is 1. The normalized spacial score (nSPS) is 12.4. The van der Waals surface area contributed by atoms with Gasteiger partial charge in [-0.15, -0.1) is 0 Å². The molecule has 0 aliphatic rings. The van der Waals surface area contributed by atoms with Gasteiger partial charge in [0.15, 0.2) is 0 Å². The molecule has 2 rings (SSSR count). The summed E-state index contributed by atoms with van der Waals surface area (Å²) in [4.78, 5) is 4.28. The van der Waals surface area contributed by atoms with Gasteiger partial charge < -0.3 is 0 Å². The molecule has 0 radical (unpaired) electrons. The van der Waals surface area contributed by atoms with Gasteiger partial charge >= 0.3 is 0 Å². The van der Waals surface area contributed by atoms with Gasteiger partial charge in [0, 0.05) is 28.3 Å². The SMILES string of the molecule is Cc1ccc(F)c(C(Cc2ccc(Br)cn2)NN)c1. The molecule has 1 unspecified atom stereocenters. The van der Waals surface area contributed by atoms with E-state index < -0.39 is 0 Å². The summed E-state index contributed by atoms with van der Waals surface area (Å²) in [5, 5.41) is 0. The summed E-state index contributed by atoms with van der Waals surface area (Å²) in [5.41, 5.74) is 5.07. The molecule has 0 saturated heterocycles. The van der Waals surface area contributed by atoms with E-state index in [1.807, 2.05) is 19.1 Å². The number of nitrogens with two attached hydrogens (primary N) is 1. The van der Waals surface area contributed by atoms with E-state index in [2.05, 4.69) is 26.3 Å². The van der Waals surface area contributed by atoms with Gasteiger partial charge in [0.2, 0.25) is 0 Å². The molecule has 0 spiro atoms. The molecule has 0 fully saturated rings. The van der Waals surface area contributed by atoms with Crippen LogP contribution in [0.3, 0.4) is 0 Å². The molecule has 0 bridgehead atoms. The molecule has 1 aromatic carbocycles. The number of nitrogens with zero attached hydrogens (tertiary/aromatic N) is 1. The summed E-state index contributed by atoms with van der Waals surface area (Å²) < 4.78 is 14.8. The maximum atomic E-state index is 13.9. The smallest absolute Gasteiger partial charge is 0.128 e. The van der Waals surface area contributed by atoms with Crippen LogP contribution in [0.5, 0.6) is 0 Å². The summed E-state index contributed by atoms with van der Waals surface area (Å²) in [5.74, 6) is 5.29. The quantitative estimate of drug-likeness (QED) is 0.671. The Bertz CT molecular complexity index is 557. The fourth-order valence-electron chi connectivity index (χ4n) is 1.93. The van der Waals surface area contributed by atoms with Crippen molar-refractivity contribution >= 4 is 15.9 Å². The molecule has 3 nitrogen and oxygen atoms in total. The molecule has 0 amide bonds. The third-order valence-corrected chi connectivity index (χ3v) is 3.40. The van der Waals surface area contributed by atoms with Gasteiger partial charge in [-0.05, 0) is 41.1 Å². The van der Waals surface area contributed by atoms with Crippen LogP contribution in [0.2, 0.25) is 0 Å². The zero-order valence-corrected chi connectivity index (χ0v) is 12.1. The Morgan fingerprint density at radius 1 is 1.37 bits per heavy atom. The number of nitrogens with one attached hydrogen (secondary N) is 1. The third-order valence-electron chi connectivity index (χ3n) is 2.93. The second-order valence-electron chi connectivity index (χ2n) is 4.42. The van der Waals surface area contributed by atoms with E-state index in [0.717, 1.165) is 15.7 Å². The molecule has 0 saturated carbocycles. The van der Waals surface area contributed by atoms with E-state index in [-0.39, 0.29) is 11.9 Å². The van der Waals surface area contributed by atoms with E-state index in [0.29, 0.717) is 12.0 Å². The number of rotatable bonds is 4. The van der Waals surface area contributed by atoms with Crippen LogP contribution >= 0.6 is 15.9 Å². The average molecular weight is 324 g/mol. The molecule has 0 aliphatic carbocycles. The van der Waals surface area contributed by atoms with Crippen LogP contribution < -0.4 is 11.3 Å². The second kappa shape index (κ2) is 6.23. The number of hydrogen-bond acceptors (Lipinski definition) is 3. The van der Waals surface area contributed by atoms with Crippen LogP contribution in [-0.4, -0.2) is 4.98 Å². The summed E-state index contributed by atoms with van der Waals surface area (Å²) in [6, 6.07) is 8.51. The van der Waals surface area contributed by atoms with Gasteiger partial charge in [0.05, 0.1) is 6.04 Å². The first-order valence-electron chi connectivity index (χ1n) is 5.92. The minimum Gasteiger partial charge on any atom is -0.271 e. The summed E-state index contributed by atoms with van der Waals surface area (Å²) >= 11 is 3.33. The zero-order chi connectivity index (χ0) is 13.8. The lowest BCUT2D eigenvalue weighted by Crippen LogP contribution is -2.30. The predicted molar refractivity (Wildman–Crippen MR) is 76.8 cm³/mol. The molecule has 19 heavy (non-hydrogen) atoms. The van der Waals surface area contributed by atoms with Crippen molar-refractivity contribution in [3.05, 3.63) is 63.6 Å². The van der Waals surface area contributed by atoms with Crippen molar-refractivity contribution in [1.82, 2.24) is 10.4 Å². The van der Waals surface area contributed by atoms with Crippen LogP contribution in [0.15, 0.2) is 41.0 Å². The molecule has 100 valence electrons. The highest BCUT2D eigenvalue weighted by Crippen LogP contribution is 2.21. The van der Waals surface area contributed by atoms with E-state index in [4.69, 9.17) is 5.84 Å². The first-order valence-corrected chi connectivity index (χ1v) is 6.72. The predicted octanol–water partition coefficient (Wildman–Crippen LogP) is 3.04.